The molecule has 0 saturated carbocycles. The minimum absolute atomic E-state index is 0.273. The van der Waals surface area contributed by atoms with Gasteiger partial charge in [-0.1, -0.05) is 20.8 Å². The van der Waals surface area contributed by atoms with E-state index in [-0.39, 0.29) is 11.4 Å². The monoisotopic (exact) mass is 247 g/mol. The van der Waals surface area contributed by atoms with Crippen LogP contribution in [-0.2, 0) is 5.41 Å². The molecule has 0 aliphatic carbocycles. The first-order chi connectivity index (χ1) is 8.36. The van der Waals surface area contributed by atoms with Gasteiger partial charge in [-0.15, -0.1) is 10.2 Å². The first-order valence-corrected chi connectivity index (χ1v) is 5.40. The fraction of sp³-hybridized carbons (Fsp3) is 0.500. The summed E-state index contributed by atoms with van der Waals surface area (Å²) in [6.45, 7) is 7.36. The Morgan fingerprint density at radius 1 is 1.39 bits per heavy atom. The van der Waals surface area contributed by atoms with Crippen molar-refractivity contribution >= 4 is 11.5 Å². The van der Waals surface area contributed by atoms with Crippen molar-refractivity contribution in [3.05, 3.63) is 32.1 Å². The molecule has 2 aromatic rings. The van der Waals surface area contributed by atoms with Crippen LogP contribution in [0.25, 0.3) is 16.1 Å². The van der Waals surface area contributed by atoms with Crippen LogP contribution >= 0.6 is 0 Å². The van der Waals surface area contributed by atoms with E-state index in [1.165, 1.54) is 4.52 Å². The van der Waals surface area contributed by atoms with Crippen molar-refractivity contribution < 1.29 is 0 Å². The van der Waals surface area contributed by atoms with Gasteiger partial charge in [0.2, 0.25) is 0 Å². The molecule has 0 radical (unpaired) electrons. The third-order valence-electron chi connectivity index (χ3n) is 2.63. The van der Waals surface area contributed by atoms with E-state index in [1.54, 1.807) is 6.92 Å². The summed E-state index contributed by atoms with van der Waals surface area (Å²) in [6, 6.07) is 0. The number of fused-ring (bicyclic) bond motifs is 1. The Morgan fingerprint density at radius 2 is 2.06 bits per heavy atom. The van der Waals surface area contributed by atoms with Crippen LogP contribution in [0, 0.1) is 6.92 Å². The van der Waals surface area contributed by atoms with Crippen LogP contribution < -0.4 is 5.56 Å². The van der Waals surface area contributed by atoms with Gasteiger partial charge in [0.1, 0.15) is 11.5 Å². The number of rotatable bonds is 1. The Balaban J connectivity index is 2.85. The van der Waals surface area contributed by atoms with Gasteiger partial charge in [-0.3, -0.25) is 9.89 Å². The summed E-state index contributed by atoms with van der Waals surface area (Å²) in [5.74, 6) is 0.273. The van der Waals surface area contributed by atoms with Crippen LogP contribution in [0.4, 0.5) is 5.82 Å². The van der Waals surface area contributed by atoms with Gasteiger partial charge >= 0.3 is 0 Å². The van der Waals surface area contributed by atoms with Crippen molar-refractivity contribution in [3.63, 3.8) is 0 Å². The van der Waals surface area contributed by atoms with Gasteiger partial charge in [0.05, 0.1) is 0 Å². The first-order valence-electron chi connectivity index (χ1n) is 5.40. The summed E-state index contributed by atoms with van der Waals surface area (Å²) >= 11 is 0. The highest BCUT2D eigenvalue weighted by Gasteiger charge is 2.23. The molecular formula is C10H13N7O. The average molecular weight is 247 g/mol. The molecule has 0 bridgehead atoms. The summed E-state index contributed by atoms with van der Waals surface area (Å²) in [7, 11) is 0. The molecule has 0 spiro atoms. The lowest BCUT2D eigenvalue weighted by Gasteiger charge is -2.15. The Morgan fingerprint density at radius 3 is 2.61 bits per heavy atom. The molecule has 1 N–H and O–H groups in total. The van der Waals surface area contributed by atoms with E-state index < -0.39 is 5.41 Å². The molecule has 18 heavy (non-hydrogen) atoms. The summed E-state index contributed by atoms with van der Waals surface area (Å²) in [5, 5.41) is 14.2. The zero-order valence-corrected chi connectivity index (χ0v) is 10.6. The smallest absolute Gasteiger partial charge is 0.287 e. The van der Waals surface area contributed by atoms with Gasteiger partial charge in [0.15, 0.2) is 5.65 Å². The molecule has 0 atom stereocenters. The first kappa shape index (κ1) is 12.1. The quantitative estimate of drug-likeness (QED) is 0.472. The molecule has 2 heterocycles. The van der Waals surface area contributed by atoms with Crippen LogP contribution in [0.15, 0.2) is 9.91 Å². The second kappa shape index (κ2) is 3.85. The van der Waals surface area contributed by atoms with Gasteiger partial charge in [0, 0.05) is 15.9 Å². The topological polar surface area (TPSA) is 112 Å². The van der Waals surface area contributed by atoms with E-state index in [0.29, 0.717) is 16.9 Å². The molecule has 8 nitrogen and oxygen atoms in total. The number of hydrogen-bond donors (Lipinski definition) is 1. The molecule has 0 unspecified atom stereocenters. The summed E-state index contributed by atoms with van der Waals surface area (Å²) < 4.78 is 1.26. The van der Waals surface area contributed by atoms with Crippen molar-refractivity contribution in [2.24, 2.45) is 5.11 Å². The molecule has 8 heteroatoms. The SMILES string of the molecule is Cc1c(N=[N+]=[N-])[nH]n2c(=O)c(C(C)(C)C)nnc12. The fourth-order valence-electron chi connectivity index (χ4n) is 1.64. The van der Waals surface area contributed by atoms with Gasteiger partial charge in [-0.2, -0.15) is 4.52 Å². The Bertz CT molecular complexity index is 712. The Kier molecular flexibility index (Phi) is 2.59. The highest BCUT2D eigenvalue weighted by atomic mass is 16.1. The second-order valence-electron chi connectivity index (χ2n) is 5.04. The maximum Gasteiger partial charge on any atom is 0.295 e. The zero-order chi connectivity index (χ0) is 13.5. The molecule has 0 fully saturated rings. The largest absolute Gasteiger partial charge is 0.295 e. The van der Waals surface area contributed by atoms with E-state index in [4.69, 9.17) is 5.53 Å². The van der Waals surface area contributed by atoms with Crippen molar-refractivity contribution in [2.75, 3.05) is 0 Å². The van der Waals surface area contributed by atoms with Crippen LogP contribution in [-0.4, -0.2) is 19.8 Å². The van der Waals surface area contributed by atoms with E-state index in [9.17, 15) is 4.79 Å². The molecule has 0 amide bonds. The van der Waals surface area contributed by atoms with Gasteiger partial charge in [0.25, 0.3) is 5.56 Å². The number of azide groups is 1. The van der Waals surface area contributed by atoms with Crippen molar-refractivity contribution in [1.29, 1.82) is 0 Å². The van der Waals surface area contributed by atoms with E-state index in [0.717, 1.165) is 0 Å². The van der Waals surface area contributed by atoms with Crippen molar-refractivity contribution in [3.8, 4) is 0 Å². The maximum atomic E-state index is 12.2. The average Bonchev–Trinajstić information content (AvgIpc) is 2.57. The van der Waals surface area contributed by atoms with E-state index >= 15 is 0 Å². The summed E-state index contributed by atoms with van der Waals surface area (Å²) in [6.07, 6.45) is 0. The number of nitrogens with zero attached hydrogens (tertiary/aromatic N) is 6. The number of nitrogens with one attached hydrogen (secondary N) is 1. The summed E-state index contributed by atoms with van der Waals surface area (Å²) in [4.78, 5) is 14.9. The third-order valence-corrected chi connectivity index (χ3v) is 2.63. The van der Waals surface area contributed by atoms with Crippen molar-refractivity contribution in [1.82, 2.24) is 19.8 Å². The predicted octanol–water partition coefficient (Wildman–Crippen LogP) is 1.97. The van der Waals surface area contributed by atoms with Gasteiger partial charge < -0.3 is 0 Å². The van der Waals surface area contributed by atoms with E-state index in [2.05, 4.69) is 25.3 Å². The number of aromatic amines is 1. The molecule has 0 aliphatic rings. The Labute approximate surface area is 102 Å². The lowest BCUT2D eigenvalue weighted by Crippen LogP contribution is -2.30. The van der Waals surface area contributed by atoms with Crippen molar-refractivity contribution in [2.45, 2.75) is 33.1 Å². The van der Waals surface area contributed by atoms with E-state index in [1.807, 2.05) is 20.8 Å². The third kappa shape index (κ3) is 1.72. The molecule has 2 rings (SSSR count). The number of aromatic nitrogens is 4. The Hall–Kier alpha value is -2.34. The van der Waals surface area contributed by atoms with Gasteiger partial charge in [-0.05, 0) is 17.6 Å². The maximum absolute atomic E-state index is 12.2. The highest BCUT2D eigenvalue weighted by Crippen LogP contribution is 2.20. The fourth-order valence-corrected chi connectivity index (χ4v) is 1.64. The van der Waals surface area contributed by atoms with Gasteiger partial charge in [-0.25, -0.2) is 0 Å². The molecule has 94 valence electrons. The lowest BCUT2D eigenvalue weighted by atomic mass is 9.93. The normalized spacial score (nSPS) is 11.6. The number of aryl methyl sites for hydroxylation is 1. The minimum atomic E-state index is -0.400. The lowest BCUT2D eigenvalue weighted by molar-refractivity contribution is 0.542. The molecule has 0 aliphatic heterocycles. The number of H-pyrrole nitrogens is 1. The summed E-state index contributed by atoms with van der Waals surface area (Å²) in [5.41, 5.74) is 9.08. The van der Waals surface area contributed by atoms with Crippen LogP contribution in [0.3, 0.4) is 0 Å². The molecule has 0 aromatic carbocycles. The molecular weight excluding hydrogens is 234 g/mol. The standard InChI is InChI=1S/C10H13N7O/c1-5-7(13-16-11)15-17-8(5)14-12-6(9(17)18)10(2,3)4/h15H,1-4H3. The van der Waals surface area contributed by atoms with Crippen LogP contribution in [0.2, 0.25) is 0 Å². The second-order valence-corrected chi connectivity index (χ2v) is 5.04. The number of hydrogen-bond acceptors (Lipinski definition) is 4. The predicted molar refractivity (Wildman–Crippen MR) is 65.9 cm³/mol. The highest BCUT2D eigenvalue weighted by molar-refractivity contribution is 5.56. The zero-order valence-electron chi connectivity index (χ0n) is 10.6. The van der Waals surface area contributed by atoms with Crippen LogP contribution in [0.5, 0.6) is 0 Å². The molecule has 0 saturated heterocycles. The molecule has 2 aromatic heterocycles. The van der Waals surface area contributed by atoms with Crippen LogP contribution in [0.1, 0.15) is 32.0 Å². The minimum Gasteiger partial charge on any atom is -0.287 e.